The van der Waals surface area contributed by atoms with Crippen molar-refractivity contribution >= 4 is 5.69 Å². The molecule has 0 saturated carbocycles. The molecule has 100 valence electrons. The second kappa shape index (κ2) is 4.79. The average Bonchev–Trinajstić information content (AvgIpc) is 2.30. The van der Waals surface area contributed by atoms with E-state index in [-0.39, 0.29) is 11.3 Å². The lowest BCUT2D eigenvalue weighted by atomic mass is 10.0. The number of alkyl halides is 3. The highest BCUT2D eigenvalue weighted by Crippen LogP contribution is 2.32. The predicted octanol–water partition coefficient (Wildman–Crippen LogP) is 3.97. The Morgan fingerprint density at radius 2 is 1.74 bits per heavy atom. The minimum absolute atomic E-state index is 0.236. The number of nitrogen functional groups attached to an aromatic ring is 1. The van der Waals surface area contributed by atoms with Gasteiger partial charge in [-0.3, -0.25) is 0 Å². The first-order valence-corrected chi connectivity index (χ1v) is 5.26. The highest BCUT2D eigenvalue weighted by atomic mass is 19.4. The van der Waals surface area contributed by atoms with E-state index in [2.05, 4.69) is 4.74 Å². The molecule has 0 atom stereocenters. The molecule has 0 aromatic heterocycles. The number of benzene rings is 2. The molecule has 2 N–H and O–H groups in total. The maximum absolute atomic E-state index is 13.1. The molecule has 6 heteroatoms. The van der Waals surface area contributed by atoms with Gasteiger partial charge in [0, 0.05) is 11.3 Å². The van der Waals surface area contributed by atoms with E-state index in [0.717, 1.165) is 12.1 Å². The van der Waals surface area contributed by atoms with Gasteiger partial charge in [-0.15, -0.1) is 13.2 Å². The Hall–Kier alpha value is -2.24. The molecule has 0 aliphatic heterocycles. The van der Waals surface area contributed by atoms with Crippen LogP contribution in [0.15, 0.2) is 42.5 Å². The second-order valence-electron chi connectivity index (χ2n) is 3.81. The number of rotatable bonds is 2. The van der Waals surface area contributed by atoms with Crippen LogP contribution in [0.5, 0.6) is 5.75 Å². The Morgan fingerprint density at radius 1 is 1.00 bits per heavy atom. The molecule has 2 aromatic rings. The van der Waals surface area contributed by atoms with Gasteiger partial charge >= 0.3 is 6.36 Å². The molecule has 0 saturated heterocycles. The Kier molecular flexibility index (Phi) is 3.33. The molecule has 0 aliphatic rings. The molecule has 0 unspecified atom stereocenters. The minimum atomic E-state index is -4.78. The van der Waals surface area contributed by atoms with E-state index in [1.54, 1.807) is 6.07 Å². The highest BCUT2D eigenvalue weighted by molar-refractivity contribution is 5.77. The SMILES string of the molecule is Nc1ccc(OC(F)(F)F)cc1-c1cccc(F)c1. The van der Waals surface area contributed by atoms with Crippen LogP contribution in [0, 0.1) is 5.82 Å². The monoisotopic (exact) mass is 271 g/mol. The fraction of sp³-hybridized carbons (Fsp3) is 0.0769. The second-order valence-corrected chi connectivity index (χ2v) is 3.81. The van der Waals surface area contributed by atoms with E-state index >= 15 is 0 Å². The molecular formula is C13H9F4NO. The number of hydrogen-bond donors (Lipinski definition) is 1. The summed E-state index contributed by atoms with van der Waals surface area (Å²) in [6, 6.07) is 8.91. The van der Waals surface area contributed by atoms with Gasteiger partial charge in [-0.25, -0.2) is 4.39 Å². The standard InChI is InChI=1S/C13H9F4NO/c14-9-3-1-2-8(6-9)11-7-10(4-5-12(11)18)19-13(15,16)17/h1-7H,18H2. The van der Waals surface area contributed by atoms with Gasteiger partial charge in [0.15, 0.2) is 0 Å². The molecule has 0 spiro atoms. The third-order valence-electron chi connectivity index (χ3n) is 2.39. The third kappa shape index (κ3) is 3.37. The van der Waals surface area contributed by atoms with Crippen LogP contribution in [0.3, 0.4) is 0 Å². The Bertz CT molecular complexity index is 595. The highest BCUT2D eigenvalue weighted by Gasteiger charge is 2.31. The number of halogens is 4. The number of ether oxygens (including phenoxy) is 1. The summed E-state index contributed by atoms with van der Waals surface area (Å²) in [5, 5.41) is 0. The molecule has 2 rings (SSSR count). The lowest BCUT2D eigenvalue weighted by molar-refractivity contribution is -0.274. The summed E-state index contributed by atoms with van der Waals surface area (Å²) in [7, 11) is 0. The van der Waals surface area contributed by atoms with Crippen LogP contribution >= 0.6 is 0 Å². The molecule has 0 fully saturated rings. The van der Waals surface area contributed by atoms with E-state index in [1.165, 1.54) is 24.3 Å². The molecule has 0 amide bonds. The normalized spacial score (nSPS) is 11.4. The minimum Gasteiger partial charge on any atom is -0.406 e. The first-order chi connectivity index (χ1) is 8.85. The van der Waals surface area contributed by atoms with Crippen molar-refractivity contribution in [2.75, 3.05) is 5.73 Å². The lowest BCUT2D eigenvalue weighted by Gasteiger charge is -2.12. The average molecular weight is 271 g/mol. The van der Waals surface area contributed by atoms with Crippen molar-refractivity contribution in [3.63, 3.8) is 0 Å². The first-order valence-electron chi connectivity index (χ1n) is 5.26. The van der Waals surface area contributed by atoms with Crippen LogP contribution in [0.4, 0.5) is 23.2 Å². The van der Waals surface area contributed by atoms with Gasteiger partial charge in [-0.05, 0) is 35.9 Å². The largest absolute Gasteiger partial charge is 0.573 e. The third-order valence-corrected chi connectivity index (χ3v) is 2.39. The molecule has 19 heavy (non-hydrogen) atoms. The van der Waals surface area contributed by atoms with E-state index < -0.39 is 17.9 Å². The summed E-state index contributed by atoms with van der Waals surface area (Å²) in [6.07, 6.45) is -4.78. The van der Waals surface area contributed by atoms with Gasteiger partial charge < -0.3 is 10.5 Å². The summed E-state index contributed by atoms with van der Waals surface area (Å²) in [5.74, 6) is -0.903. The van der Waals surface area contributed by atoms with Gasteiger partial charge in [0.1, 0.15) is 11.6 Å². The molecule has 0 radical (unpaired) electrons. The fourth-order valence-electron chi connectivity index (χ4n) is 1.64. The molecule has 0 aliphatic carbocycles. The van der Waals surface area contributed by atoms with Crippen molar-refractivity contribution in [1.29, 1.82) is 0 Å². The zero-order valence-corrected chi connectivity index (χ0v) is 9.54. The first kappa shape index (κ1) is 13.2. The van der Waals surface area contributed by atoms with Crippen molar-refractivity contribution in [3.8, 4) is 16.9 Å². The van der Waals surface area contributed by atoms with Crippen molar-refractivity contribution in [2.45, 2.75) is 6.36 Å². The fourth-order valence-corrected chi connectivity index (χ4v) is 1.64. The van der Waals surface area contributed by atoms with Gasteiger partial charge in [0.25, 0.3) is 0 Å². The van der Waals surface area contributed by atoms with Gasteiger partial charge in [0.05, 0.1) is 0 Å². The van der Waals surface area contributed by atoms with E-state index in [0.29, 0.717) is 5.56 Å². The molecule has 0 bridgehead atoms. The van der Waals surface area contributed by atoms with Crippen molar-refractivity contribution < 1.29 is 22.3 Å². The van der Waals surface area contributed by atoms with Crippen LogP contribution in [0.25, 0.3) is 11.1 Å². The summed E-state index contributed by atoms with van der Waals surface area (Å²) in [5.41, 5.74) is 6.57. The number of nitrogens with two attached hydrogens (primary N) is 1. The number of hydrogen-bond acceptors (Lipinski definition) is 2. The summed E-state index contributed by atoms with van der Waals surface area (Å²) >= 11 is 0. The quantitative estimate of drug-likeness (QED) is 0.662. The van der Waals surface area contributed by atoms with Crippen LogP contribution in [0.2, 0.25) is 0 Å². The van der Waals surface area contributed by atoms with E-state index in [4.69, 9.17) is 5.73 Å². The maximum Gasteiger partial charge on any atom is 0.573 e. The maximum atomic E-state index is 13.1. The van der Waals surface area contributed by atoms with Crippen LogP contribution in [0.1, 0.15) is 0 Å². The Labute approximate surface area is 106 Å². The van der Waals surface area contributed by atoms with Crippen molar-refractivity contribution in [2.24, 2.45) is 0 Å². The van der Waals surface area contributed by atoms with Gasteiger partial charge in [0.2, 0.25) is 0 Å². The lowest BCUT2D eigenvalue weighted by Crippen LogP contribution is -2.17. The molecule has 2 nitrogen and oxygen atoms in total. The molecule has 2 aromatic carbocycles. The zero-order valence-electron chi connectivity index (χ0n) is 9.54. The summed E-state index contributed by atoms with van der Waals surface area (Å²) in [6.45, 7) is 0. The van der Waals surface area contributed by atoms with Crippen molar-refractivity contribution in [3.05, 3.63) is 48.3 Å². The summed E-state index contributed by atoms with van der Waals surface area (Å²) in [4.78, 5) is 0. The van der Waals surface area contributed by atoms with E-state index in [1.807, 2.05) is 0 Å². The Morgan fingerprint density at radius 3 is 2.37 bits per heavy atom. The smallest absolute Gasteiger partial charge is 0.406 e. The van der Waals surface area contributed by atoms with Gasteiger partial charge in [-0.2, -0.15) is 0 Å². The van der Waals surface area contributed by atoms with Crippen LogP contribution in [-0.4, -0.2) is 6.36 Å². The molecule has 0 heterocycles. The number of anilines is 1. The van der Waals surface area contributed by atoms with Crippen LogP contribution in [-0.2, 0) is 0 Å². The van der Waals surface area contributed by atoms with E-state index in [9.17, 15) is 17.6 Å². The predicted molar refractivity (Wildman–Crippen MR) is 62.9 cm³/mol. The van der Waals surface area contributed by atoms with Gasteiger partial charge in [-0.1, -0.05) is 12.1 Å². The van der Waals surface area contributed by atoms with Crippen LogP contribution < -0.4 is 10.5 Å². The summed E-state index contributed by atoms with van der Waals surface area (Å²) < 4.78 is 53.3. The van der Waals surface area contributed by atoms with Crippen molar-refractivity contribution in [1.82, 2.24) is 0 Å². The zero-order chi connectivity index (χ0) is 14.0. The topological polar surface area (TPSA) is 35.2 Å². The Balaban J connectivity index is 2.43. The molecular weight excluding hydrogens is 262 g/mol.